The summed E-state index contributed by atoms with van der Waals surface area (Å²) < 4.78 is -0.125. The first-order chi connectivity index (χ1) is 13.4. The molecule has 0 radical (unpaired) electrons. The van der Waals surface area contributed by atoms with Crippen molar-refractivity contribution in [3.63, 3.8) is 0 Å². The minimum atomic E-state index is -1.32. The molecule has 1 fully saturated rings. The van der Waals surface area contributed by atoms with E-state index in [4.69, 9.17) is 23.2 Å². The minimum Gasteiger partial charge on any atom is -0.332 e. The maximum absolute atomic E-state index is 11.3. The Hall–Kier alpha value is 1.87. The third-order valence-corrected chi connectivity index (χ3v) is 4.40. The molecule has 1 nitrogen and oxygen atoms in total. The van der Waals surface area contributed by atoms with Crippen LogP contribution in [-0.2, 0) is 46.9 Å². The van der Waals surface area contributed by atoms with Gasteiger partial charge in [-0.25, -0.2) is 6.92 Å². The molecule has 2 unspecified atom stereocenters. The van der Waals surface area contributed by atoms with Crippen molar-refractivity contribution in [3.8, 4) is 0 Å². The minimum absolute atomic E-state index is 0. The van der Waals surface area contributed by atoms with Crippen molar-refractivity contribution in [1.82, 2.24) is 0 Å². The van der Waals surface area contributed by atoms with E-state index in [0.717, 1.165) is 11.1 Å². The Bertz CT molecular complexity index is 702. The average molecular weight is 1120 g/mol. The summed E-state index contributed by atoms with van der Waals surface area (Å²) in [4.78, 5) is 13.3. The van der Waals surface area contributed by atoms with Gasteiger partial charge in [0.05, 0.1) is 2.43 Å². The molecule has 8 heteroatoms. The summed E-state index contributed by atoms with van der Waals surface area (Å²) in [5.41, 5.74) is 1.92. The summed E-state index contributed by atoms with van der Waals surface area (Å²) in [7, 11) is 0. The fourth-order valence-electron chi connectivity index (χ4n) is 2.36. The van der Waals surface area contributed by atoms with Gasteiger partial charge in [0.2, 0.25) is 0 Å². The van der Waals surface area contributed by atoms with Gasteiger partial charge in [-0.3, -0.25) is 4.79 Å². The van der Waals surface area contributed by atoms with E-state index in [-0.39, 0.29) is 59.7 Å². The van der Waals surface area contributed by atoms with Crippen LogP contribution in [0.3, 0.4) is 0 Å². The Labute approximate surface area is 261 Å². The number of rotatable bonds is 2. The molecule has 1 aliphatic carbocycles. The molecule has 0 aromatic heterocycles. The van der Waals surface area contributed by atoms with E-state index in [1.54, 1.807) is 12.1 Å². The van der Waals surface area contributed by atoms with Crippen molar-refractivity contribution in [3.05, 3.63) is 91.7 Å². The zero-order chi connectivity index (χ0) is 21.6. The molecular formula is C22H21Cl2I3OW2. The number of carbonyl (C=O) groups is 1. The first-order valence-electron chi connectivity index (χ1n) is 8.04. The van der Waals surface area contributed by atoms with Crippen molar-refractivity contribution >= 4 is 103 Å². The SMILES string of the molecule is CI.ICI.[CH2-]C1C(=O)C(Cl)(Cl)C1c1[c-]cccc1.[CH2-]C=Cc1[c-]cccc1.[W+2].[W+2]. The van der Waals surface area contributed by atoms with Crippen LogP contribution in [0, 0.1) is 31.9 Å². The summed E-state index contributed by atoms with van der Waals surface area (Å²) in [6, 6.07) is 21.2. The third-order valence-electron chi connectivity index (χ3n) is 3.56. The summed E-state index contributed by atoms with van der Waals surface area (Å²) in [5, 5.41) is 0. The van der Waals surface area contributed by atoms with Crippen LogP contribution in [0.15, 0.2) is 54.6 Å². The van der Waals surface area contributed by atoms with E-state index < -0.39 is 4.33 Å². The second kappa shape index (κ2) is 21.4. The smallest absolute Gasteiger partial charge is 0.332 e. The fourth-order valence-corrected chi connectivity index (χ4v) is 3.18. The number of hydrogen-bond donors (Lipinski definition) is 0. The topological polar surface area (TPSA) is 17.1 Å². The first kappa shape index (κ1) is 36.4. The van der Waals surface area contributed by atoms with Crippen LogP contribution in [0.5, 0.6) is 0 Å². The Morgan fingerprint density at radius 1 is 1.07 bits per heavy atom. The molecule has 1 aliphatic rings. The monoisotopic (exact) mass is 1120 g/mol. The summed E-state index contributed by atoms with van der Waals surface area (Å²) >= 11 is 18.5. The van der Waals surface area contributed by atoms with Gasteiger partial charge >= 0.3 is 42.1 Å². The number of alkyl halides is 5. The maximum Gasteiger partial charge on any atom is 2.00 e. The van der Waals surface area contributed by atoms with Crippen molar-refractivity contribution < 1.29 is 46.9 Å². The van der Waals surface area contributed by atoms with Gasteiger partial charge < -0.3 is 6.92 Å². The maximum atomic E-state index is 11.3. The molecular weight excluding hydrogens is 1100 g/mol. The molecule has 0 amide bonds. The molecule has 0 saturated heterocycles. The molecule has 0 N–H and O–H groups in total. The number of Topliss-reactive ketones (excluding diaryl/α,β-unsaturated/α-hetero) is 1. The van der Waals surface area contributed by atoms with E-state index in [1.165, 1.54) is 2.43 Å². The van der Waals surface area contributed by atoms with Gasteiger partial charge in [0.1, 0.15) is 5.78 Å². The van der Waals surface area contributed by atoms with Gasteiger partial charge in [-0.05, 0) is 10.8 Å². The Balaban J connectivity index is -0.000000398. The second-order valence-corrected chi connectivity index (χ2v) is 11.0. The molecule has 0 aliphatic heterocycles. The molecule has 1 saturated carbocycles. The predicted octanol–water partition coefficient (Wildman–Crippen LogP) is 7.97. The molecule has 2 aromatic rings. The molecule has 0 bridgehead atoms. The fraction of sp³-hybridized carbons (Fsp3) is 0.227. The van der Waals surface area contributed by atoms with Crippen molar-refractivity contribution in [2.45, 2.75) is 10.3 Å². The van der Waals surface area contributed by atoms with Gasteiger partial charge in [-0.2, -0.15) is 53.6 Å². The van der Waals surface area contributed by atoms with E-state index in [9.17, 15) is 4.79 Å². The van der Waals surface area contributed by atoms with Crippen LogP contribution in [0.1, 0.15) is 17.0 Å². The van der Waals surface area contributed by atoms with Crippen molar-refractivity contribution in [2.75, 3.05) is 7.36 Å². The first-order valence-corrected chi connectivity index (χ1v) is 14.0. The van der Waals surface area contributed by atoms with Crippen molar-refractivity contribution in [2.24, 2.45) is 5.92 Å². The summed E-state index contributed by atoms with van der Waals surface area (Å²) in [6.45, 7) is 7.32. The van der Waals surface area contributed by atoms with E-state index >= 15 is 0 Å². The summed E-state index contributed by atoms with van der Waals surface area (Å²) in [5.74, 6) is -0.800. The van der Waals surface area contributed by atoms with Crippen LogP contribution < -0.4 is 0 Å². The van der Waals surface area contributed by atoms with Gasteiger partial charge in [0.15, 0.2) is 4.33 Å². The Morgan fingerprint density at radius 3 is 1.93 bits per heavy atom. The molecule has 0 heterocycles. The molecule has 3 rings (SSSR count). The van der Waals surface area contributed by atoms with E-state index in [2.05, 4.69) is 93.8 Å². The van der Waals surface area contributed by atoms with Gasteiger partial charge in [0, 0.05) is 0 Å². The third kappa shape index (κ3) is 12.4. The second-order valence-electron chi connectivity index (χ2n) is 5.21. The quantitative estimate of drug-likeness (QED) is 0.170. The van der Waals surface area contributed by atoms with Gasteiger partial charge in [-0.15, -0.1) is 30.3 Å². The Morgan fingerprint density at radius 2 is 1.57 bits per heavy atom. The normalized spacial score (nSPS) is 17.8. The number of hydrogen-bond acceptors (Lipinski definition) is 1. The molecule has 30 heavy (non-hydrogen) atoms. The number of carbonyl (C=O) groups excluding carboxylic acids is 1. The van der Waals surface area contributed by atoms with E-state index in [0.29, 0.717) is 0 Å². The van der Waals surface area contributed by atoms with Crippen molar-refractivity contribution in [1.29, 1.82) is 0 Å². The van der Waals surface area contributed by atoms with Crippen LogP contribution in [0.4, 0.5) is 0 Å². The van der Waals surface area contributed by atoms with Crippen LogP contribution in [0.25, 0.3) is 6.08 Å². The number of allylic oxidation sites excluding steroid dienone is 1. The zero-order valence-corrected chi connectivity index (χ0v) is 30.0. The number of ketones is 1. The molecule has 162 valence electrons. The predicted molar refractivity (Wildman–Crippen MR) is 149 cm³/mol. The van der Waals surface area contributed by atoms with Gasteiger partial charge in [0.25, 0.3) is 0 Å². The van der Waals surface area contributed by atoms with Crippen LogP contribution in [-0.4, -0.2) is 17.5 Å². The van der Waals surface area contributed by atoms with E-state index in [1.807, 2.05) is 53.5 Å². The molecule has 0 spiro atoms. The number of halogens is 5. The molecule has 2 atom stereocenters. The number of benzene rings is 2. The Kier molecular flexibility index (Phi) is 26.0. The standard InChI is InChI=1S/C11H8Cl2O.C9H8.CH2I2.CH3I.2W/c1-7-9(11(12,13)10(7)14)8-5-3-2-4-6-8;1-2-6-9-7-4-3-5-8-9;2-1-3;1-2;;/h2-5,7,9H,1H2;2-7H,1H2;1H2;1H3;;/q2*-2;;;2*+2. The summed E-state index contributed by atoms with van der Waals surface area (Å²) in [6.07, 6.45) is 3.67. The van der Waals surface area contributed by atoms with Gasteiger partial charge in [-0.1, -0.05) is 96.9 Å². The average Bonchev–Trinajstić information content (AvgIpc) is 2.72. The molecule has 2 aromatic carbocycles. The van der Waals surface area contributed by atoms with Crippen LogP contribution >= 0.6 is 91.0 Å². The largest absolute Gasteiger partial charge is 2.00 e. The zero-order valence-electron chi connectivity index (χ0n) is 16.2. The van der Waals surface area contributed by atoms with Crippen LogP contribution in [0.2, 0.25) is 0 Å².